The molecule has 0 aromatic carbocycles. The number of hydrogen-bond donors (Lipinski definition) is 3. The minimum absolute atomic E-state index is 0.505. The molecule has 0 aromatic heterocycles. The number of carbonyl (C=O) groups is 1. The van der Waals surface area contributed by atoms with Crippen LogP contribution < -0.4 is 9.83 Å². The van der Waals surface area contributed by atoms with E-state index in [9.17, 15) is 59.0 Å². The van der Waals surface area contributed by atoms with Gasteiger partial charge in [-0.15, -0.1) is 0 Å². The maximum absolute atomic E-state index is 11.4. The lowest BCUT2D eigenvalue weighted by atomic mass is 9.70. The molecule has 0 aliphatic carbocycles. The molecule has 3 N–H and O–H groups in total. The molecule has 19 nitrogen and oxygen atoms in total. The lowest BCUT2D eigenvalue weighted by molar-refractivity contribution is -0.307. The highest BCUT2D eigenvalue weighted by molar-refractivity contribution is 7.83. The molecule has 0 radical (unpaired) electrons. The summed E-state index contributed by atoms with van der Waals surface area (Å²) in [5.41, 5.74) is -5.85. The molecule has 2 aliphatic heterocycles. The SMILES string of the molecule is CC1(C)OC(COS(=O)(=O)[O-])[C@@](C)(COC[C@@]2(C)OC(C(=O)[O-])=C[C@H](O)C2OS(=O)(=O)[O-])[C@H](O)C1NS(=O)(=O)[O-]. The second-order valence-corrected chi connectivity index (χ2v) is 13.2. The van der Waals surface area contributed by atoms with Crippen molar-refractivity contribution < 1.29 is 81.6 Å². The summed E-state index contributed by atoms with van der Waals surface area (Å²) in [5, 5.41) is 32.7. The molecule has 2 heterocycles. The summed E-state index contributed by atoms with van der Waals surface area (Å²) in [4.78, 5) is 11.3. The Morgan fingerprint density at radius 3 is 2.08 bits per heavy atom. The molecule has 3 unspecified atom stereocenters. The van der Waals surface area contributed by atoms with Crippen LogP contribution in [0.25, 0.3) is 0 Å². The summed E-state index contributed by atoms with van der Waals surface area (Å²) < 4.78 is 128. The van der Waals surface area contributed by atoms with Gasteiger partial charge in [0.15, 0.2) is 15.9 Å². The zero-order valence-electron chi connectivity index (χ0n) is 21.2. The summed E-state index contributed by atoms with van der Waals surface area (Å²) >= 11 is 0. The number of aliphatic carboxylic acids is 1. The van der Waals surface area contributed by atoms with Gasteiger partial charge in [-0.2, -0.15) is 0 Å². The fourth-order valence-corrected chi connectivity index (χ4v) is 5.95. The molecule has 1 saturated heterocycles. The summed E-state index contributed by atoms with van der Waals surface area (Å²) in [6.07, 6.45) is -7.07. The number of nitrogens with one attached hydrogen (secondary N) is 1. The highest BCUT2D eigenvalue weighted by Crippen LogP contribution is 2.43. The molecule has 0 aromatic rings. The number of carboxylic acid groups (broad SMARTS) is 1. The van der Waals surface area contributed by atoms with Crippen LogP contribution in [0.4, 0.5) is 0 Å². The van der Waals surface area contributed by atoms with E-state index in [-0.39, 0.29) is 0 Å². The van der Waals surface area contributed by atoms with Crippen LogP contribution in [0.15, 0.2) is 11.8 Å². The van der Waals surface area contributed by atoms with Crippen LogP contribution >= 0.6 is 0 Å². The van der Waals surface area contributed by atoms with Crippen LogP contribution in [0.3, 0.4) is 0 Å². The smallest absolute Gasteiger partial charge is 0.218 e. The molecular weight excluding hydrogens is 614 g/mol. The van der Waals surface area contributed by atoms with Crippen LogP contribution in [-0.2, 0) is 58.5 Å². The Morgan fingerprint density at radius 2 is 1.60 bits per heavy atom. The summed E-state index contributed by atoms with van der Waals surface area (Å²) in [6, 6.07) is -1.68. The molecule has 22 heteroatoms. The molecule has 0 bridgehead atoms. The van der Waals surface area contributed by atoms with Crippen molar-refractivity contribution in [2.75, 3.05) is 19.8 Å². The van der Waals surface area contributed by atoms with E-state index in [1.165, 1.54) is 13.8 Å². The molecular formula is C18H27NO18S3-4. The van der Waals surface area contributed by atoms with E-state index >= 15 is 0 Å². The van der Waals surface area contributed by atoms with Crippen molar-refractivity contribution in [1.29, 1.82) is 0 Å². The third kappa shape index (κ3) is 8.73. The maximum atomic E-state index is 11.4. The zero-order valence-corrected chi connectivity index (χ0v) is 23.7. The normalized spacial score (nSPS) is 35.0. The minimum atomic E-state index is -5.50. The van der Waals surface area contributed by atoms with Gasteiger partial charge in [-0.05, 0) is 26.8 Å². The van der Waals surface area contributed by atoms with Crippen molar-refractivity contribution >= 4 is 37.1 Å². The van der Waals surface area contributed by atoms with E-state index in [0.717, 1.165) is 13.8 Å². The fraction of sp³-hybridized carbons (Fsp3) is 0.833. The summed E-state index contributed by atoms with van der Waals surface area (Å²) in [5.74, 6) is -2.92. The number of aliphatic hydroxyl groups is 2. The van der Waals surface area contributed by atoms with Gasteiger partial charge in [0.2, 0.25) is 20.8 Å². The second kappa shape index (κ2) is 11.6. The Labute approximate surface area is 229 Å². The predicted octanol–water partition coefficient (Wildman–Crippen LogP) is -4.93. The van der Waals surface area contributed by atoms with E-state index in [4.69, 9.17) is 14.2 Å². The molecule has 7 atom stereocenters. The predicted molar refractivity (Wildman–Crippen MR) is 119 cm³/mol. The maximum Gasteiger partial charge on any atom is 0.218 e. The molecule has 1 fully saturated rings. The van der Waals surface area contributed by atoms with Gasteiger partial charge in [0.1, 0.15) is 23.9 Å². The number of rotatable bonds is 12. The van der Waals surface area contributed by atoms with Crippen molar-refractivity contribution in [3.05, 3.63) is 11.8 Å². The number of aliphatic hydroxyl groups excluding tert-OH is 2. The van der Waals surface area contributed by atoms with Crippen molar-refractivity contribution in [1.82, 2.24) is 4.72 Å². The Bertz CT molecular complexity index is 1310. The molecule has 40 heavy (non-hydrogen) atoms. The first kappa shape index (κ1) is 34.7. The van der Waals surface area contributed by atoms with Crippen molar-refractivity contribution in [3.63, 3.8) is 0 Å². The number of carbonyl (C=O) groups excluding carboxylic acids is 1. The third-order valence-electron chi connectivity index (χ3n) is 6.36. The Kier molecular flexibility index (Phi) is 10.1. The molecule has 0 amide bonds. The van der Waals surface area contributed by atoms with Gasteiger partial charge < -0.3 is 48.0 Å². The average Bonchev–Trinajstić information content (AvgIpc) is 2.74. The van der Waals surface area contributed by atoms with Gasteiger partial charge in [-0.25, -0.2) is 30.0 Å². The van der Waals surface area contributed by atoms with Crippen molar-refractivity contribution in [2.24, 2.45) is 5.41 Å². The van der Waals surface area contributed by atoms with E-state index in [1.54, 1.807) is 4.72 Å². The van der Waals surface area contributed by atoms with Gasteiger partial charge in [0.05, 0.1) is 43.7 Å². The Hall–Kier alpha value is -1.54. The lowest BCUT2D eigenvalue weighted by Crippen LogP contribution is -2.71. The minimum Gasteiger partial charge on any atom is -0.735 e. The fourth-order valence-electron chi connectivity index (χ4n) is 4.36. The topological polar surface area (TPSA) is 310 Å². The Morgan fingerprint density at radius 1 is 1.02 bits per heavy atom. The first-order valence-electron chi connectivity index (χ1n) is 11.0. The van der Waals surface area contributed by atoms with E-state index in [1.807, 2.05) is 0 Å². The van der Waals surface area contributed by atoms with Gasteiger partial charge in [0.25, 0.3) is 0 Å². The van der Waals surface area contributed by atoms with Gasteiger partial charge in [-0.3, -0.25) is 8.37 Å². The third-order valence-corrected chi connectivity index (χ3v) is 7.77. The van der Waals surface area contributed by atoms with E-state index in [2.05, 4.69) is 8.37 Å². The van der Waals surface area contributed by atoms with Crippen molar-refractivity contribution in [3.8, 4) is 0 Å². The van der Waals surface area contributed by atoms with E-state index < -0.39 is 110 Å². The number of hydrogen-bond acceptors (Lipinski definition) is 18. The largest absolute Gasteiger partial charge is 0.735 e. The van der Waals surface area contributed by atoms with Crippen LogP contribution in [0.2, 0.25) is 0 Å². The number of carboxylic acids is 1. The van der Waals surface area contributed by atoms with E-state index in [0.29, 0.717) is 6.08 Å². The highest BCUT2D eigenvalue weighted by Gasteiger charge is 2.57. The molecule has 2 rings (SSSR count). The van der Waals surface area contributed by atoms with Crippen LogP contribution in [0.5, 0.6) is 0 Å². The molecule has 234 valence electrons. The molecule has 0 spiro atoms. The summed E-state index contributed by atoms with van der Waals surface area (Å²) in [6.45, 7) is 1.90. The zero-order chi connectivity index (χ0) is 31.1. The lowest BCUT2D eigenvalue weighted by Gasteiger charge is -2.55. The van der Waals surface area contributed by atoms with Crippen LogP contribution in [-0.4, -0.2) is 117 Å². The second-order valence-electron chi connectivity index (χ2n) is 10.0. The monoisotopic (exact) mass is 641 g/mol. The first-order valence-corrected chi connectivity index (χ1v) is 15.1. The number of ether oxygens (including phenoxy) is 3. The van der Waals surface area contributed by atoms with Gasteiger partial charge in [-0.1, -0.05) is 6.92 Å². The first-order chi connectivity index (χ1) is 17.8. The molecule has 2 aliphatic rings. The average molecular weight is 642 g/mol. The van der Waals surface area contributed by atoms with Crippen molar-refractivity contribution in [2.45, 2.75) is 69.4 Å². The quantitative estimate of drug-likeness (QED) is 0.133. The Balaban J connectivity index is 2.42. The van der Waals surface area contributed by atoms with Crippen LogP contribution in [0, 0.1) is 5.41 Å². The van der Waals surface area contributed by atoms with Gasteiger partial charge in [0, 0.05) is 5.41 Å². The van der Waals surface area contributed by atoms with Gasteiger partial charge >= 0.3 is 0 Å². The standard InChI is InChI=1S/C18H31NO18S3/c1-16(2)12(19-38(24,25)26)13(21)17(3,11(36-16)6-34-39(27,28)29)7-33-8-18(4)14(37-40(30,31)32)9(20)5-10(35-18)15(22)23/h5,9,11-14,19-21H,6-8H2,1-4H3,(H,22,23)(H,24,25,26)(H,27,28,29)(H,30,31,32)/p-4/t9-,11?,12?,13+,14?,17+,18+/m0/s1. The molecule has 0 saturated carbocycles. The summed E-state index contributed by atoms with van der Waals surface area (Å²) in [7, 11) is -16.0. The van der Waals surface area contributed by atoms with Crippen LogP contribution in [0.1, 0.15) is 27.7 Å². The highest BCUT2D eigenvalue weighted by atomic mass is 32.3.